The Kier molecular flexibility index (Phi) is 3.98. The fourth-order valence-electron chi connectivity index (χ4n) is 0.952. The molecule has 0 radical (unpaired) electrons. The van der Waals surface area contributed by atoms with Crippen LogP contribution >= 0.6 is 11.3 Å². The predicted octanol–water partition coefficient (Wildman–Crippen LogP) is 1.16. The number of anilines is 2. The molecule has 0 aliphatic rings. The molecule has 0 fully saturated rings. The van der Waals surface area contributed by atoms with Crippen LogP contribution in [-0.4, -0.2) is 23.2 Å². The van der Waals surface area contributed by atoms with E-state index in [-0.39, 0.29) is 6.61 Å². The van der Waals surface area contributed by atoms with Gasteiger partial charge in [0.1, 0.15) is 5.00 Å². The summed E-state index contributed by atoms with van der Waals surface area (Å²) in [6.45, 7) is 3.15. The molecule has 1 aromatic rings. The zero-order valence-electron chi connectivity index (χ0n) is 7.66. The zero-order chi connectivity index (χ0) is 9.68. The molecular formula is C8H15N3OS. The minimum absolute atomic E-state index is 0.239. The van der Waals surface area contributed by atoms with Crippen LogP contribution in [0.4, 0.5) is 10.1 Å². The van der Waals surface area contributed by atoms with Gasteiger partial charge in [-0.25, -0.2) is 4.98 Å². The summed E-state index contributed by atoms with van der Waals surface area (Å²) in [5, 5.41) is 13.4. The van der Waals surface area contributed by atoms with Crippen LogP contribution in [0.25, 0.3) is 0 Å². The molecule has 0 bridgehead atoms. The highest BCUT2D eigenvalue weighted by Gasteiger charge is 2.02. The van der Waals surface area contributed by atoms with Crippen molar-refractivity contribution in [3.8, 4) is 0 Å². The molecule has 0 aromatic carbocycles. The lowest BCUT2D eigenvalue weighted by molar-refractivity contribution is 0.266. The van der Waals surface area contributed by atoms with Gasteiger partial charge in [0.15, 0.2) is 5.13 Å². The number of nitrogens with one attached hydrogen (secondary N) is 1. The van der Waals surface area contributed by atoms with Crippen LogP contribution in [-0.2, 0) is 0 Å². The Morgan fingerprint density at radius 2 is 2.54 bits per heavy atom. The lowest BCUT2D eigenvalue weighted by Crippen LogP contribution is -2.12. The summed E-state index contributed by atoms with van der Waals surface area (Å²) in [5.74, 6) is 0.454. The maximum Gasteiger partial charge on any atom is 0.184 e. The Morgan fingerprint density at radius 3 is 3.08 bits per heavy atom. The predicted molar refractivity (Wildman–Crippen MR) is 55.9 cm³/mol. The number of nitrogen functional groups attached to an aromatic ring is 1. The van der Waals surface area contributed by atoms with Crippen molar-refractivity contribution in [3.63, 3.8) is 0 Å². The van der Waals surface area contributed by atoms with E-state index in [0.29, 0.717) is 5.92 Å². The first kappa shape index (κ1) is 10.3. The number of rotatable bonds is 5. The second-order valence-electron chi connectivity index (χ2n) is 3.07. The van der Waals surface area contributed by atoms with E-state index in [0.717, 1.165) is 23.1 Å². The molecule has 0 aliphatic carbocycles. The smallest absolute Gasteiger partial charge is 0.184 e. The number of nitrogens with zero attached hydrogens (tertiary/aromatic N) is 1. The van der Waals surface area contributed by atoms with Gasteiger partial charge in [-0.05, 0) is 12.3 Å². The molecule has 4 N–H and O–H groups in total. The first-order valence-corrected chi connectivity index (χ1v) is 5.10. The number of nitrogens with two attached hydrogens (primary N) is 1. The van der Waals surface area contributed by atoms with Gasteiger partial charge in [-0.2, -0.15) is 0 Å². The van der Waals surface area contributed by atoms with Crippen LogP contribution in [0.2, 0.25) is 0 Å². The van der Waals surface area contributed by atoms with Gasteiger partial charge < -0.3 is 16.2 Å². The third-order valence-corrected chi connectivity index (χ3v) is 2.53. The minimum Gasteiger partial charge on any atom is -0.396 e. The number of hydrogen-bond donors (Lipinski definition) is 3. The standard InChI is InChI=1S/C8H15N3OS/c1-6(2-3-12)4-10-8-11-5-7(9)13-8/h5-6,12H,2-4,9H2,1H3,(H,10,11). The van der Waals surface area contributed by atoms with Crippen molar-refractivity contribution in [2.75, 3.05) is 24.2 Å². The molecule has 1 heterocycles. The van der Waals surface area contributed by atoms with E-state index in [4.69, 9.17) is 10.8 Å². The van der Waals surface area contributed by atoms with E-state index in [1.54, 1.807) is 6.20 Å². The summed E-state index contributed by atoms with van der Waals surface area (Å²) in [6.07, 6.45) is 2.46. The maximum absolute atomic E-state index is 8.68. The Hall–Kier alpha value is -0.810. The van der Waals surface area contributed by atoms with Gasteiger partial charge in [0.05, 0.1) is 6.20 Å². The molecule has 0 amide bonds. The SMILES string of the molecule is CC(CCO)CNc1ncc(N)s1. The number of hydrogen-bond acceptors (Lipinski definition) is 5. The zero-order valence-corrected chi connectivity index (χ0v) is 8.47. The number of aliphatic hydroxyl groups excluding tert-OH is 1. The van der Waals surface area contributed by atoms with Crippen LogP contribution in [0, 0.1) is 5.92 Å². The van der Waals surface area contributed by atoms with Crippen LogP contribution in [0.3, 0.4) is 0 Å². The van der Waals surface area contributed by atoms with Gasteiger partial charge in [-0.15, -0.1) is 0 Å². The molecule has 1 rings (SSSR count). The maximum atomic E-state index is 8.68. The molecule has 1 unspecified atom stereocenters. The Labute approximate surface area is 81.8 Å². The van der Waals surface area contributed by atoms with E-state index in [9.17, 15) is 0 Å². The summed E-state index contributed by atoms with van der Waals surface area (Å²) >= 11 is 1.44. The molecule has 4 nitrogen and oxygen atoms in total. The van der Waals surface area contributed by atoms with Gasteiger partial charge in [0.25, 0.3) is 0 Å². The largest absolute Gasteiger partial charge is 0.396 e. The fraction of sp³-hybridized carbons (Fsp3) is 0.625. The highest BCUT2D eigenvalue weighted by molar-refractivity contribution is 7.19. The summed E-state index contributed by atoms with van der Waals surface area (Å²) in [4.78, 5) is 4.07. The summed E-state index contributed by atoms with van der Waals surface area (Å²) in [6, 6.07) is 0. The van der Waals surface area contributed by atoms with E-state index < -0.39 is 0 Å². The topological polar surface area (TPSA) is 71.2 Å². The molecule has 0 spiro atoms. The second kappa shape index (κ2) is 5.04. The van der Waals surface area contributed by atoms with E-state index in [1.165, 1.54) is 11.3 Å². The summed E-state index contributed by atoms with van der Waals surface area (Å²) in [7, 11) is 0. The molecule has 13 heavy (non-hydrogen) atoms. The minimum atomic E-state index is 0.239. The Bertz CT molecular complexity index is 251. The van der Waals surface area contributed by atoms with E-state index in [2.05, 4.69) is 17.2 Å². The van der Waals surface area contributed by atoms with Crippen molar-refractivity contribution >= 4 is 21.5 Å². The molecular weight excluding hydrogens is 186 g/mol. The molecule has 0 aliphatic heterocycles. The van der Waals surface area contributed by atoms with Crippen LogP contribution in [0.1, 0.15) is 13.3 Å². The van der Waals surface area contributed by atoms with Crippen LogP contribution < -0.4 is 11.1 Å². The number of aliphatic hydroxyl groups is 1. The third-order valence-electron chi connectivity index (χ3n) is 1.75. The van der Waals surface area contributed by atoms with E-state index in [1.807, 2.05) is 0 Å². The van der Waals surface area contributed by atoms with Gasteiger partial charge in [0, 0.05) is 13.2 Å². The number of thiazole rings is 1. The number of aromatic nitrogens is 1. The molecule has 5 heteroatoms. The van der Waals surface area contributed by atoms with Gasteiger partial charge in [-0.3, -0.25) is 0 Å². The van der Waals surface area contributed by atoms with Gasteiger partial charge in [-0.1, -0.05) is 18.3 Å². The van der Waals surface area contributed by atoms with E-state index >= 15 is 0 Å². The monoisotopic (exact) mass is 201 g/mol. The van der Waals surface area contributed by atoms with Crippen LogP contribution in [0.15, 0.2) is 6.20 Å². The Balaban J connectivity index is 2.26. The molecule has 1 aromatic heterocycles. The first-order chi connectivity index (χ1) is 6.22. The average Bonchev–Trinajstić information content (AvgIpc) is 2.49. The van der Waals surface area contributed by atoms with Gasteiger partial charge in [0.2, 0.25) is 0 Å². The summed E-state index contributed by atoms with van der Waals surface area (Å²) in [5.41, 5.74) is 5.52. The van der Waals surface area contributed by atoms with Crippen molar-refractivity contribution in [1.29, 1.82) is 0 Å². The lowest BCUT2D eigenvalue weighted by atomic mass is 10.1. The third kappa shape index (κ3) is 3.61. The molecule has 1 atom stereocenters. The summed E-state index contributed by atoms with van der Waals surface area (Å²) < 4.78 is 0. The average molecular weight is 201 g/mol. The normalized spacial score (nSPS) is 12.8. The first-order valence-electron chi connectivity index (χ1n) is 4.28. The van der Waals surface area contributed by atoms with Crippen molar-refractivity contribution in [2.24, 2.45) is 5.92 Å². The highest BCUT2D eigenvalue weighted by Crippen LogP contribution is 2.19. The van der Waals surface area contributed by atoms with Crippen molar-refractivity contribution in [2.45, 2.75) is 13.3 Å². The fourth-order valence-corrected chi connectivity index (χ4v) is 1.54. The highest BCUT2D eigenvalue weighted by atomic mass is 32.1. The Morgan fingerprint density at radius 1 is 1.77 bits per heavy atom. The van der Waals surface area contributed by atoms with Gasteiger partial charge >= 0.3 is 0 Å². The second-order valence-corrected chi connectivity index (χ2v) is 4.13. The molecule has 0 saturated heterocycles. The van der Waals surface area contributed by atoms with Crippen molar-refractivity contribution < 1.29 is 5.11 Å². The lowest BCUT2D eigenvalue weighted by Gasteiger charge is -2.09. The van der Waals surface area contributed by atoms with Crippen molar-refractivity contribution in [1.82, 2.24) is 4.98 Å². The quantitative estimate of drug-likeness (QED) is 0.668. The van der Waals surface area contributed by atoms with Crippen molar-refractivity contribution in [3.05, 3.63) is 6.20 Å². The molecule has 0 saturated carbocycles. The van der Waals surface area contributed by atoms with Crippen LogP contribution in [0.5, 0.6) is 0 Å². The molecule has 74 valence electrons.